The summed E-state index contributed by atoms with van der Waals surface area (Å²) in [5.41, 5.74) is -0.0830. The number of nitrogens with one attached hydrogen (secondary N) is 2. The number of rotatable bonds is 6. The Bertz CT molecular complexity index is 706. The fourth-order valence-electron chi connectivity index (χ4n) is 3.04. The molecule has 132 valence electrons. The Labute approximate surface area is 141 Å². The summed E-state index contributed by atoms with van der Waals surface area (Å²) in [6.07, 6.45) is 4.70. The second kappa shape index (κ2) is 7.21. The van der Waals surface area contributed by atoms with Crippen molar-refractivity contribution in [2.75, 3.05) is 16.3 Å². The van der Waals surface area contributed by atoms with Gasteiger partial charge in [-0.05, 0) is 37.1 Å². The van der Waals surface area contributed by atoms with Gasteiger partial charge in [0.15, 0.2) is 0 Å². The molecular weight excluding hydrogens is 332 g/mol. The lowest BCUT2D eigenvalue weighted by Crippen LogP contribution is -2.37. The third-order valence-electron chi connectivity index (χ3n) is 4.24. The predicted octanol–water partition coefficient (Wildman–Crippen LogP) is 2.42. The summed E-state index contributed by atoms with van der Waals surface area (Å²) >= 11 is 0. The van der Waals surface area contributed by atoms with Gasteiger partial charge in [-0.15, -0.1) is 0 Å². The summed E-state index contributed by atoms with van der Waals surface area (Å²) in [6, 6.07) is 6.20. The minimum Gasteiger partial charge on any atom is -0.481 e. The molecule has 1 aromatic rings. The highest BCUT2D eigenvalue weighted by atomic mass is 32.2. The molecular formula is C16H22N2O5S. The number of carboxylic acid groups (broad SMARTS) is 1. The molecule has 1 saturated carbocycles. The average molecular weight is 354 g/mol. The van der Waals surface area contributed by atoms with E-state index in [1.165, 1.54) is 12.1 Å². The fourth-order valence-corrected chi connectivity index (χ4v) is 3.61. The van der Waals surface area contributed by atoms with E-state index in [0.717, 1.165) is 25.5 Å². The third-order valence-corrected chi connectivity index (χ3v) is 4.84. The van der Waals surface area contributed by atoms with Gasteiger partial charge in [-0.25, -0.2) is 8.42 Å². The molecule has 0 bridgehead atoms. The zero-order valence-corrected chi connectivity index (χ0v) is 14.4. The minimum atomic E-state index is -3.35. The molecule has 0 heterocycles. The summed E-state index contributed by atoms with van der Waals surface area (Å²) in [6.45, 7) is 0. The van der Waals surface area contributed by atoms with E-state index in [1.54, 1.807) is 12.1 Å². The second-order valence-electron chi connectivity index (χ2n) is 6.32. The molecule has 3 N–H and O–H groups in total. The van der Waals surface area contributed by atoms with Crippen LogP contribution in [0.1, 0.15) is 38.5 Å². The van der Waals surface area contributed by atoms with Crippen LogP contribution in [0.25, 0.3) is 0 Å². The average Bonchev–Trinajstić information content (AvgIpc) is 2.48. The van der Waals surface area contributed by atoms with Crippen LogP contribution < -0.4 is 10.0 Å². The first-order valence-corrected chi connectivity index (χ1v) is 9.70. The molecule has 0 unspecified atom stereocenters. The largest absolute Gasteiger partial charge is 0.481 e. The van der Waals surface area contributed by atoms with Gasteiger partial charge in [0.2, 0.25) is 15.9 Å². The number of aliphatic carboxylic acids is 1. The molecule has 1 fully saturated rings. The first-order chi connectivity index (χ1) is 11.2. The van der Waals surface area contributed by atoms with Gasteiger partial charge in [0, 0.05) is 17.8 Å². The highest BCUT2D eigenvalue weighted by Gasteiger charge is 2.41. The smallest absolute Gasteiger partial charge is 0.310 e. The maximum Gasteiger partial charge on any atom is 0.310 e. The summed E-state index contributed by atoms with van der Waals surface area (Å²) in [5, 5.41) is 12.2. The van der Waals surface area contributed by atoms with E-state index < -0.39 is 21.4 Å². The van der Waals surface area contributed by atoms with Crippen LogP contribution in [0.5, 0.6) is 0 Å². The molecule has 0 saturated heterocycles. The van der Waals surface area contributed by atoms with Crippen molar-refractivity contribution in [3.63, 3.8) is 0 Å². The van der Waals surface area contributed by atoms with E-state index in [9.17, 15) is 23.1 Å². The van der Waals surface area contributed by atoms with Gasteiger partial charge < -0.3 is 10.4 Å². The van der Waals surface area contributed by atoms with Crippen molar-refractivity contribution in [3.8, 4) is 0 Å². The summed E-state index contributed by atoms with van der Waals surface area (Å²) in [5.74, 6) is -1.26. The number of carbonyl (C=O) groups is 2. The van der Waals surface area contributed by atoms with Gasteiger partial charge >= 0.3 is 5.97 Å². The minimum absolute atomic E-state index is 0.0499. The van der Waals surface area contributed by atoms with E-state index in [4.69, 9.17) is 0 Å². The monoisotopic (exact) mass is 354 g/mol. The Morgan fingerprint density at radius 1 is 1.08 bits per heavy atom. The first-order valence-electron chi connectivity index (χ1n) is 7.81. The zero-order chi connectivity index (χ0) is 17.8. The second-order valence-corrected chi connectivity index (χ2v) is 8.07. The molecule has 24 heavy (non-hydrogen) atoms. The fraction of sp³-hybridized carbons (Fsp3) is 0.500. The Balaban J connectivity index is 2.00. The van der Waals surface area contributed by atoms with Crippen LogP contribution in [-0.4, -0.2) is 31.7 Å². The molecule has 0 aliphatic heterocycles. The Hall–Kier alpha value is -2.09. The highest BCUT2D eigenvalue weighted by Crippen LogP contribution is 2.39. The Morgan fingerprint density at radius 2 is 1.62 bits per heavy atom. The number of amides is 1. The van der Waals surface area contributed by atoms with Crippen molar-refractivity contribution in [1.82, 2.24) is 0 Å². The van der Waals surface area contributed by atoms with Crippen LogP contribution in [0.15, 0.2) is 24.3 Å². The van der Waals surface area contributed by atoms with Gasteiger partial charge in [-0.3, -0.25) is 14.3 Å². The molecule has 7 nitrogen and oxygen atoms in total. The number of benzene rings is 1. The number of anilines is 2. The van der Waals surface area contributed by atoms with E-state index in [2.05, 4.69) is 10.0 Å². The number of sulfonamides is 1. The lowest BCUT2D eigenvalue weighted by atomic mass is 9.71. The SMILES string of the molecule is CS(=O)(=O)Nc1ccc(NC(=O)CC2(C(=O)O)CCCCC2)cc1. The maximum absolute atomic E-state index is 12.2. The molecule has 1 amide bonds. The number of hydrogen-bond donors (Lipinski definition) is 3. The molecule has 0 aromatic heterocycles. The third kappa shape index (κ3) is 4.95. The molecule has 2 rings (SSSR count). The van der Waals surface area contributed by atoms with Gasteiger partial charge in [0.05, 0.1) is 11.7 Å². The van der Waals surface area contributed by atoms with Crippen molar-refractivity contribution in [1.29, 1.82) is 0 Å². The Morgan fingerprint density at radius 3 is 2.12 bits per heavy atom. The standard InChI is InChI=1S/C16H22N2O5S/c1-24(22,23)18-13-7-5-12(6-8-13)17-14(19)11-16(15(20)21)9-3-2-4-10-16/h5-8,18H,2-4,9-11H2,1H3,(H,17,19)(H,20,21). The van der Waals surface area contributed by atoms with E-state index in [1.807, 2.05) is 0 Å². The summed E-state index contributed by atoms with van der Waals surface area (Å²) < 4.78 is 24.6. The predicted molar refractivity (Wildman–Crippen MR) is 91.3 cm³/mol. The zero-order valence-electron chi connectivity index (χ0n) is 13.5. The van der Waals surface area contributed by atoms with Gasteiger partial charge in [0.1, 0.15) is 0 Å². The van der Waals surface area contributed by atoms with E-state index >= 15 is 0 Å². The van der Waals surface area contributed by atoms with Crippen LogP contribution >= 0.6 is 0 Å². The molecule has 0 radical (unpaired) electrons. The maximum atomic E-state index is 12.2. The lowest BCUT2D eigenvalue weighted by molar-refractivity contribution is -0.153. The molecule has 1 aliphatic rings. The van der Waals surface area contributed by atoms with Crippen molar-refractivity contribution in [2.24, 2.45) is 5.41 Å². The van der Waals surface area contributed by atoms with Crippen LogP contribution in [0.3, 0.4) is 0 Å². The summed E-state index contributed by atoms with van der Waals surface area (Å²) in [7, 11) is -3.35. The number of hydrogen-bond acceptors (Lipinski definition) is 4. The Kier molecular flexibility index (Phi) is 5.48. The quantitative estimate of drug-likeness (QED) is 0.726. The van der Waals surface area contributed by atoms with E-state index in [0.29, 0.717) is 24.2 Å². The number of carboxylic acids is 1. The van der Waals surface area contributed by atoms with Crippen molar-refractivity contribution in [3.05, 3.63) is 24.3 Å². The summed E-state index contributed by atoms with van der Waals surface area (Å²) in [4.78, 5) is 23.8. The van der Waals surface area contributed by atoms with Crippen LogP contribution in [0.2, 0.25) is 0 Å². The van der Waals surface area contributed by atoms with Crippen LogP contribution in [0, 0.1) is 5.41 Å². The molecule has 0 spiro atoms. The normalized spacial score (nSPS) is 17.0. The van der Waals surface area contributed by atoms with Gasteiger partial charge in [0.25, 0.3) is 0 Å². The van der Waals surface area contributed by atoms with Crippen molar-refractivity contribution >= 4 is 33.3 Å². The van der Waals surface area contributed by atoms with Crippen LogP contribution in [-0.2, 0) is 19.6 Å². The topological polar surface area (TPSA) is 113 Å². The van der Waals surface area contributed by atoms with Crippen LogP contribution in [0.4, 0.5) is 11.4 Å². The first kappa shape index (κ1) is 18.3. The lowest BCUT2D eigenvalue weighted by Gasteiger charge is -2.32. The van der Waals surface area contributed by atoms with Gasteiger partial charge in [-0.2, -0.15) is 0 Å². The van der Waals surface area contributed by atoms with Crippen molar-refractivity contribution in [2.45, 2.75) is 38.5 Å². The van der Waals surface area contributed by atoms with Gasteiger partial charge in [-0.1, -0.05) is 19.3 Å². The molecule has 1 aromatic carbocycles. The molecule has 0 atom stereocenters. The van der Waals surface area contributed by atoms with E-state index in [-0.39, 0.29) is 12.3 Å². The highest BCUT2D eigenvalue weighted by molar-refractivity contribution is 7.92. The molecule has 8 heteroatoms. The molecule has 1 aliphatic carbocycles. The number of carbonyl (C=O) groups excluding carboxylic acids is 1. The van der Waals surface area contributed by atoms with Crippen molar-refractivity contribution < 1.29 is 23.1 Å².